The molecular formula is C14H21FN2O3S. The second kappa shape index (κ2) is 7.51. The van der Waals surface area contributed by atoms with Crippen LogP contribution in [0.15, 0.2) is 23.1 Å². The van der Waals surface area contributed by atoms with Crippen LogP contribution in [0.5, 0.6) is 0 Å². The van der Waals surface area contributed by atoms with E-state index in [-0.39, 0.29) is 16.5 Å². The van der Waals surface area contributed by atoms with Crippen LogP contribution in [0.25, 0.3) is 0 Å². The standard InChI is InChI=1S/C14H21FN2O3S/c1-3-4-5-6-10(2)17-14(18)12-9-11(15)7-8-13(12)21(16,19)20/h7-10H,3-6H2,1-2H3,(H,17,18)(H2,16,19,20). The Balaban J connectivity index is 2.89. The number of hydrogen-bond donors (Lipinski definition) is 2. The highest BCUT2D eigenvalue weighted by Gasteiger charge is 2.21. The van der Waals surface area contributed by atoms with E-state index in [1.165, 1.54) is 0 Å². The molecule has 0 bridgehead atoms. The molecule has 1 amide bonds. The molecule has 0 radical (unpaired) electrons. The molecule has 21 heavy (non-hydrogen) atoms. The summed E-state index contributed by atoms with van der Waals surface area (Å²) in [6.45, 7) is 3.90. The van der Waals surface area contributed by atoms with Crippen molar-refractivity contribution in [3.05, 3.63) is 29.6 Å². The first-order chi connectivity index (χ1) is 9.75. The van der Waals surface area contributed by atoms with Gasteiger partial charge in [0.15, 0.2) is 0 Å². The minimum atomic E-state index is -4.08. The van der Waals surface area contributed by atoms with Crippen molar-refractivity contribution < 1.29 is 17.6 Å². The van der Waals surface area contributed by atoms with E-state index in [4.69, 9.17) is 5.14 Å². The topological polar surface area (TPSA) is 89.3 Å². The molecule has 1 rings (SSSR count). The summed E-state index contributed by atoms with van der Waals surface area (Å²) in [6, 6.07) is 2.72. The number of rotatable bonds is 7. The van der Waals surface area contributed by atoms with E-state index in [1.807, 2.05) is 6.92 Å². The lowest BCUT2D eigenvalue weighted by Gasteiger charge is -2.15. The number of nitrogens with one attached hydrogen (secondary N) is 1. The highest BCUT2D eigenvalue weighted by atomic mass is 32.2. The first-order valence-electron chi connectivity index (χ1n) is 6.89. The third-order valence-corrected chi connectivity index (χ3v) is 4.08. The normalized spacial score (nSPS) is 13.0. The van der Waals surface area contributed by atoms with Gasteiger partial charge in [0, 0.05) is 6.04 Å². The van der Waals surface area contributed by atoms with Crippen molar-refractivity contribution in [2.24, 2.45) is 5.14 Å². The number of nitrogens with two attached hydrogens (primary N) is 1. The molecule has 3 N–H and O–H groups in total. The Morgan fingerprint density at radius 1 is 1.38 bits per heavy atom. The highest BCUT2D eigenvalue weighted by Crippen LogP contribution is 2.16. The summed E-state index contributed by atoms with van der Waals surface area (Å²) in [5, 5.41) is 7.71. The van der Waals surface area contributed by atoms with E-state index in [9.17, 15) is 17.6 Å². The Morgan fingerprint density at radius 3 is 2.62 bits per heavy atom. The first-order valence-corrected chi connectivity index (χ1v) is 8.43. The van der Waals surface area contributed by atoms with Crippen molar-refractivity contribution in [1.29, 1.82) is 0 Å². The second-order valence-electron chi connectivity index (χ2n) is 5.06. The molecule has 0 fully saturated rings. The van der Waals surface area contributed by atoms with Crippen molar-refractivity contribution in [2.45, 2.75) is 50.5 Å². The summed E-state index contributed by atoms with van der Waals surface area (Å²) in [7, 11) is -4.08. The Labute approximate surface area is 124 Å². The number of amides is 1. The van der Waals surface area contributed by atoms with E-state index >= 15 is 0 Å². The number of unbranched alkanes of at least 4 members (excludes halogenated alkanes) is 2. The number of hydrogen-bond acceptors (Lipinski definition) is 3. The predicted octanol–water partition coefficient (Wildman–Crippen LogP) is 2.17. The van der Waals surface area contributed by atoms with Crippen molar-refractivity contribution >= 4 is 15.9 Å². The molecular weight excluding hydrogens is 295 g/mol. The third kappa shape index (κ3) is 5.43. The summed E-state index contributed by atoms with van der Waals surface area (Å²) < 4.78 is 36.1. The molecule has 7 heteroatoms. The van der Waals surface area contributed by atoms with Gasteiger partial charge in [0.1, 0.15) is 5.82 Å². The number of halogens is 1. The summed E-state index contributed by atoms with van der Waals surface area (Å²) in [6.07, 6.45) is 3.87. The van der Waals surface area contributed by atoms with Crippen LogP contribution in [0.2, 0.25) is 0 Å². The van der Waals surface area contributed by atoms with Gasteiger partial charge in [-0.25, -0.2) is 17.9 Å². The average molecular weight is 316 g/mol. The van der Waals surface area contributed by atoms with E-state index in [0.29, 0.717) is 0 Å². The van der Waals surface area contributed by atoms with Gasteiger partial charge in [-0.1, -0.05) is 26.2 Å². The first kappa shape index (κ1) is 17.6. The van der Waals surface area contributed by atoms with Crippen LogP contribution in [0, 0.1) is 5.82 Å². The predicted molar refractivity (Wildman–Crippen MR) is 78.8 cm³/mol. The van der Waals surface area contributed by atoms with Crippen LogP contribution in [0.3, 0.4) is 0 Å². The zero-order valence-electron chi connectivity index (χ0n) is 12.2. The SMILES string of the molecule is CCCCCC(C)NC(=O)c1cc(F)ccc1S(N)(=O)=O. The summed E-state index contributed by atoms with van der Waals surface area (Å²) in [5.74, 6) is -1.33. The minimum absolute atomic E-state index is 0.124. The molecule has 0 aromatic heterocycles. The number of sulfonamides is 1. The lowest BCUT2D eigenvalue weighted by Crippen LogP contribution is -2.34. The molecule has 118 valence electrons. The van der Waals surface area contributed by atoms with Gasteiger partial charge >= 0.3 is 0 Å². The average Bonchev–Trinajstić information content (AvgIpc) is 2.37. The molecule has 1 aromatic carbocycles. The number of carbonyl (C=O) groups excluding carboxylic acids is 1. The van der Waals surface area contributed by atoms with E-state index in [1.54, 1.807) is 0 Å². The van der Waals surface area contributed by atoms with Crippen molar-refractivity contribution in [3.63, 3.8) is 0 Å². The highest BCUT2D eigenvalue weighted by molar-refractivity contribution is 7.89. The number of carbonyl (C=O) groups is 1. The monoisotopic (exact) mass is 316 g/mol. The van der Waals surface area contributed by atoms with Gasteiger partial charge in [0.2, 0.25) is 10.0 Å². The van der Waals surface area contributed by atoms with Crippen molar-refractivity contribution in [1.82, 2.24) is 5.32 Å². The lowest BCUT2D eigenvalue weighted by atomic mass is 10.1. The van der Waals surface area contributed by atoms with Gasteiger partial charge in [-0.05, 0) is 31.5 Å². The molecule has 1 atom stereocenters. The molecule has 0 aliphatic rings. The van der Waals surface area contributed by atoms with Gasteiger partial charge in [0.25, 0.3) is 5.91 Å². The van der Waals surface area contributed by atoms with Crippen LogP contribution in [0.4, 0.5) is 4.39 Å². The molecule has 1 aromatic rings. The lowest BCUT2D eigenvalue weighted by molar-refractivity contribution is 0.0934. The number of benzene rings is 1. The van der Waals surface area contributed by atoms with Crippen LogP contribution >= 0.6 is 0 Å². The molecule has 0 spiro atoms. The smallest absolute Gasteiger partial charge is 0.252 e. The Hall–Kier alpha value is -1.47. The molecule has 0 saturated heterocycles. The molecule has 0 aliphatic carbocycles. The molecule has 0 saturated carbocycles. The van der Waals surface area contributed by atoms with Gasteiger partial charge in [-0.15, -0.1) is 0 Å². The summed E-state index contributed by atoms with van der Waals surface area (Å²) >= 11 is 0. The summed E-state index contributed by atoms with van der Waals surface area (Å²) in [4.78, 5) is 11.7. The van der Waals surface area contributed by atoms with E-state index < -0.39 is 21.7 Å². The van der Waals surface area contributed by atoms with Crippen LogP contribution in [-0.2, 0) is 10.0 Å². The molecule has 1 unspecified atom stereocenters. The van der Waals surface area contributed by atoms with E-state index in [2.05, 4.69) is 12.2 Å². The zero-order valence-corrected chi connectivity index (χ0v) is 13.0. The van der Waals surface area contributed by atoms with Gasteiger partial charge in [-0.3, -0.25) is 4.79 Å². The fourth-order valence-electron chi connectivity index (χ4n) is 2.00. The quantitative estimate of drug-likeness (QED) is 0.755. The fourth-order valence-corrected chi connectivity index (χ4v) is 2.72. The van der Waals surface area contributed by atoms with Gasteiger partial charge < -0.3 is 5.32 Å². The molecule has 0 aliphatic heterocycles. The Kier molecular flexibility index (Phi) is 6.29. The molecule has 5 nitrogen and oxygen atoms in total. The Morgan fingerprint density at radius 2 is 2.05 bits per heavy atom. The van der Waals surface area contributed by atoms with Crippen LogP contribution in [-0.4, -0.2) is 20.4 Å². The number of primary sulfonamides is 1. The van der Waals surface area contributed by atoms with Gasteiger partial charge in [0.05, 0.1) is 10.5 Å². The van der Waals surface area contributed by atoms with Crippen LogP contribution in [0.1, 0.15) is 49.9 Å². The van der Waals surface area contributed by atoms with Crippen LogP contribution < -0.4 is 10.5 Å². The molecule has 0 heterocycles. The van der Waals surface area contributed by atoms with Crippen molar-refractivity contribution in [3.8, 4) is 0 Å². The maximum atomic E-state index is 13.3. The maximum Gasteiger partial charge on any atom is 0.252 e. The van der Waals surface area contributed by atoms with E-state index in [0.717, 1.165) is 43.9 Å². The Bertz CT molecular complexity index is 602. The van der Waals surface area contributed by atoms with Crippen molar-refractivity contribution in [2.75, 3.05) is 0 Å². The van der Waals surface area contributed by atoms with Gasteiger partial charge in [-0.2, -0.15) is 0 Å². The zero-order chi connectivity index (χ0) is 16.0. The third-order valence-electron chi connectivity index (χ3n) is 3.11. The summed E-state index contributed by atoms with van der Waals surface area (Å²) in [5.41, 5.74) is -0.264. The minimum Gasteiger partial charge on any atom is -0.350 e. The maximum absolute atomic E-state index is 13.3. The second-order valence-corrected chi connectivity index (χ2v) is 6.59. The fraction of sp³-hybridized carbons (Fsp3) is 0.500. The largest absolute Gasteiger partial charge is 0.350 e.